The van der Waals surface area contributed by atoms with Crippen molar-refractivity contribution in [2.75, 3.05) is 29.1 Å². The van der Waals surface area contributed by atoms with E-state index >= 15 is 0 Å². The van der Waals surface area contributed by atoms with Gasteiger partial charge in [0, 0.05) is 47.1 Å². The van der Waals surface area contributed by atoms with E-state index in [2.05, 4.69) is 17.4 Å². The van der Waals surface area contributed by atoms with Gasteiger partial charge in [0.25, 0.3) is 0 Å². The van der Waals surface area contributed by atoms with Crippen LogP contribution in [-0.2, 0) is 0 Å². The lowest BCUT2D eigenvalue weighted by atomic mass is 9.86. The monoisotopic (exact) mass is 379 g/mol. The van der Waals surface area contributed by atoms with Gasteiger partial charge in [-0.25, -0.2) is 4.99 Å². The fraction of sp³-hybridized carbons (Fsp3) is 0.333. The minimum absolute atomic E-state index is 0.236. The highest BCUT2D eigenvalue weighted by atomic mass is 32.2. The van der Waals surface area contributed by atoms with Gasteiger partial charge in [0.15, 0.2) is 5.60 Å². The highest BCUT2D eigenvalue weighted by Crippen LogP contribution is 2.42. The summed E-state index contributed by atoms with van der Waals surface area (Å²) in [6, 6.07) is 10.0. The maximum Gasteiger partial charge on any atom is 0.204 e. The summed E-state index contributed by atoms with van der Waals surface area (Å²) in [7, 11) is 0. The summed E-state index contributed by atoms with van der Waals surface area (Å²) in [6.45, 7) is 5.50. The van der Waals surface area contributed by atoms with Gasteiger partial charge >= 0.3 is 0 Å². The summed E-state index contributed by atoms with van der Waals surface area (Å²) in [5.74, 6) is 1.28. The molecule has 3 aliphatic rings. The van der Waals surface area contributed by atoms with Crippen LogP contribution >= 0.6 is 11.8 Å². The molecule has 0 bridgehead atoms. The van der Waals surface area contributed by atoms with Gasteiger partial charge < -0.3 is 15.3 Å². The largest absolute Gasteiger partial charge is 0.383 e. The van der Waals surface area contributed by atoms with Crippen molar-refractivity contribution in [3.8, 4) is 0 Å². The van der Waals surface area contributed by atoms with Crippen LogP contribution in [0.1, 0.15) is 27.9 Å². The first-order valence-electron chi connectivity index (χ1n) is 9.23. The van der Waals surface area contributed by atoms with E-state index in [1.807, 2.05) is 48.7 Å². The number of nitrogens with zero attached hydrogens (tertiary/aromatic N) is 2. The second kappa shape index (κ2) is 5.84. The Balaban J connectivity index is 1.62. The van der Waals surface area contributed by atoms with Crippen LogP contribution in [0.5, 0.6) is 0 Å². The minimum Gasteiger partial charge on any atom is -0.383 e. The summed E-state index contributed by atoms with van der Waals surface area (Å²) in [5, 5.41) is 14.6. The highest BCUT2D eigenvalue weighted by Gasteiger charge is 2.52. The van der Waals surface area contributed by atoms with Crippen molar-refractivity contribution in [1.29, 1.82) is 0 Å². The standard InChI is InChI=1S/C21H21N3O2S/c1-12-9-15-16(10-13(12)2)23-20-21(26,19(15)25)5-7-24(20)14-3-4-18-17(11-14)22-6-8-27-18/h3-4,9-11,22,26H,5-8H2,1-2H3/t21-/m1/s1. The molecule has 3 aliphatic heterocycles. The number of amidine groups is 1. The summed E-state index contributed by atoms with van der Waals surface area (Å²) >= 11 is 1.84. The van der Waals surface area contributed by atoms with Crippen molar-refractivity contribution in [3.63, 3.8) is 0 Å². The highest BCUT2D eigenvalue weighted by molar-refractivity contribution is 7.99. The topological polar surface area (TPSA) is 64.9 Å². The number of ketones is 1. The molecule has 5 nitrogen and oxygen atoms in total. The predicted octanol–water partition coefficient (Wildman–Crippen LogP) is 3.69. The smallest absolute Gasteiger partial charge is 0.204 e. The quantitative estimate of drug-likeness (QED) is 0.791. The van der Waals surface area contributed by atoms with Crippen LogP contribution in [0.4, 0.5) is 17.1 Å². The molecule has 6 heteroatoms. The molecular formula is C21H21N3O2S. The third-order valence-corrected chi connectivity index (χ3v) is 6.81. The molecule has 0 spiro atoms. The van der Waals surface area contributed by atoms with Crippen molar-refractivity contribution in [3.05, 3.63) is 47.0 Å². The number of nitrogens with one attached hydrogen (secondary N) is 1. The molecule has 0 amide bonds. The van der Waals surface area contributed by atoms with E-state index in [9.17, 15) is 9.90 Å². The van der Waals surface area contributed by atoms with Crippen molar-refractivity contribution in [2.24, 2.45) is 4.99 Å². The number of Topliss-reactive ketones (excluding diaryl/α,β-unsaturated/α-hetero) is 1. The van der Waals surface area contributed by atoms with E-state index in [1.165, 1.54) is 4.90 Å². The van der Waals surface area contributed by atoms with Crippen LogP contribution < -0.4 is 10.2 Å². The van der Waals surface area contributed by atoms with Crippen molar-refractivity contribution in [1.82, 2.24) is 0 Å². The first kappa shape index (κ1) is 16.8. The van der Waals surface area contributed by atoms with Gasteiger partial charge in [-0.1, -0.05) is 0 Å². The molecule has 2 N–H and O–H groups in total. The summed E-state index contributed by atoms with van der Waals surface area (Å²) in [5.41, 5.74) is 3.84. The van der Waals surface area contributed by atoms with Gasteiger partial charge in [-0.3, -0.25) is 4.79 Å². The molecule has 0 aliphatic carbocycles. The molecule has 5 rings (SSSR count). The first-order chi connectivity index (χ1) is 13.0. The van der Waals surface area contributed by atoms with Crippen LogP contribution in [0.3, 0.4) is 0 Å². The van der Waals surface area contributed by atoms with Gasteiger partial charge in [-0.05, 0) is 55.3 Å². The molecule has 0 aromatic heterocycles. The fourth-order valence-electron chi connectivity index (χ4n) is 4.04. The maximum absolute atomic E-state index is 13.1. The van der Waals surface area contributed by atoms with Gasteiger partial charge in [-0.2, -0.15) is 0 Å². The van der Waals surface area contributed by atoms with E-state index in [0.717, 1.165) is 34.8 Å². The number of hydrogen-bond donors (Lipinski definition) is 2. The predicted molar refractivity (Wildman–Crippen MR) is 110 cm³/mol. The number of hydrogen-bond acceptors (Lipinski definition) is 6. The third kappa shape index (κ3) is 2.43. The van der Waals surface area contributed by atoms with Crippen molar-refractivity contribution in [2.45, 2.75) is 30.8 Å². The van der Waals surface area contributed by atoms with Crippen LogP contribution in [0.15, 0.2) is 40.2 Å². The van der Waals surface area contributed by atoms with E-state index in [-0.39, 0.29) is 5.78 Å². The Hall–Kier alpha value is -2.31. The summed E-state index contributed by atoms with van der Waals surface area (Å²) in [4.78, 5) is 21.1. The molecule has 2 aromatic rings. The van der Waals surface area contributed by atoms with Crippen LogP contribution in [0, 0.1) is 13.8 Å². The zero-order valence-electron chi connectivity index (χ0n) is 15.4. The number of aliphatic imine (C=N–C) groups is 1. The molecule has 0 saturated carbocycles. The molecule has 1 atom stereocenters. The zero-order valence-corrected chi connectivity index (χ0v) is 16.2. The number of aryl methyl sites for hydroxylation is 2. The number of fused-ring (bicyclic) bond motifs is 3. The van der Waals surface area contributed by atoms with Gasteiger partial charge in [0.1, 0.15) is 5.84 Å². The number of carbonyl (C=O) groups excluding carboxylic acids is 1. The Kier molecular flexibility index (Phi) is 3.64. The van der Waals surface area contributed by atoms with E-state index in [1.54, 1.807) is 0 Å². The lowest BCUT2D eigenvalue weighted by Crippen LogP contribution is -2.48. The summed E-state index contributed by atoms with van der Waals surface area (Å²) in [6.07, 6.45) is 0.357. The van der Waals surface area contributed by atoms with Gasteiger partial charge in [0.05, 0.1) is 5.69 Å². The van der Waals surface area contributed by atoms with Crippen LogP contribution in [-0.4, -0.2) is 41.2 Å². The normalized spacial score (nSPS) is 23.3. The van der Waals surface area contributed by atoms with Crippen molar-refractivity contribution < 1.29 is 9.90 Å². The maximum atomic E-state index is 13.1. The second-order valence-corrected chi connectivity index (χ2v) is 8.57. The Bertz CT molecular complexity index is 1020. The molecule has 27 heavy (non-hydrogen) atoms. The second-order valence-electron chi connectivity index (χ2n) is 7.44. The SMILES string of the molecule is Cc1cc2c(cc1C)C(=O)[C@]1(O)CCN(c3ccc4c(c3)NCCS4)C1=N2. The number of aliphatic hydroxyl groups is 1. The Morgan fingerprint density at radius 3 is 2.89 bits per heavy atom. The molecule has 138 valence electrons. The minimum atomic E-state index is -1.53. The lowest BCUT2D eigenvalue weighted by molar-refractivity contribution is 0.0602. The molecule has 1 saturated heterocycles. The van der Waals surface area contributed by atoms with E-state index < -0.39 is 5.60 Å². The molecular weight excluding hydrogens is 358 g/mol. The molecule has 0 radical (unpaired) electrons. The molecule has 0 unspecified atom stereocenters. The molecule has 2 aromatic carbocycles. The number of rotatable bonds is 1. The number of thioether (sulfide) groups is 1. The van der Waals surface area contributed by atoms with Gasteiger partial charge in [-0.15, -0.1) is 11.8 Å². The van der Waals surface area contributed by atoms with Gasteiger partial charge in [0.2, 0.25) is 5.78 Å². The lowest BCUT2D eigenvalue weighted by Gasteiger charge is -2.30. The molecule has 3 heterocycles. The van der Waals surface area contributed by atoms with Crippen LogP contribution in [0.25, 0.3) is 0 Å². The average molecular weight is 379 g/mol. The van der Waals surface area contributed by atoms with E-state index in [0.29, 0.717) is 30.1 Å². The number of benzene rings is 2. The van der Waals surface area contributed by atoms with E-state index in [4.69, 9.17) is 4.99 Å². The zero-order chi connectivity index (χ0) is 18.8. The Morgan fingerprint density at radius 2 is 2.04 bits per heavy atom. The van der Waals surface area contributed by atoms with Crippen LogP contribution in [0.2, 0.25) is 0 Å². The number of anilines is 2. The average Bonchev–Trinajstić information content (AvgIpc) is 3.01. The number of carbonyl (C=O) groups is 1. The Labute approximate surface area is 162 Å². The first-order valence-corrected chi connectivity index (χ1v) is 10.2. The summed E-state index contributed by atoms with van der Waals surface area (Å²) < 4.78 is 0. The Morgan fingerprint density at radius 1 is 1.22 bits per heavy atom. The molecule has 1 fully saturated rings. The van der Waals surface area contributed by atoms with Crippen molar-refractivity contribution >= 4 is 40.4 Å². The fourth-order valence-corrected chi connectivity index (χ4v) is 4.92. The third-order valence-electron chi connectivity index (χ3n) is 5.73.